The number of ether oxygens (including phenoxy) is 1. The Hall–Kier alpha value is -2.99. The highest BCUT2D eigenvalue weighted by molar-refractivity contribution is 5.80. The lowest BCUT2D eigenvalue weighted by atomic mass is 9.80. The minimum Gasteiger partial charge on any atom is -0.481 e. The van der Waals surface area contributed by atoms with Crippen molar-refractivity contribution in [1.82, 2.24) is 15.2 Å². The summed E-state index contributed by atoms with van der Waals surface area (Å²) >= 11 is 0. The minimum absolute atomic E-state index is 0.146. The molecule has 1 saturated heterocycles. The summed E-state index contributed by atoms with van der Waals surface area (Å²) in [6.07, 6.45) is 1.27. The van der Waals surface area contributed by atoms with Gasteiger partial charge in [0, 0.05) is 43.1 Å². The van der Waals surface area contributed by atoms with Gasteiger partial charge in [-0.05, 0) is 43.5 Å². The Kier molecular flexibility index (Phi) is 5.92. The van der Waals surface area contributed by atoms with E-state index in [0.29, 0.717) is 30.8 Å². The van der Waals surface area contributed by atoms with Crippen molar-refractivity contribution in [3.8, 4) is 5.88 Å². The van der Waals surface area contributed by atoms with E-state index in [2.05, 4.69) is 34.5 Å². The van der Waals surface area contributed by atoms with E-state index in [1.54, 1.807) is 19.2 Å². The van der Waals surface area contributed by atoms with Gasteiger partial charge in [0.15, 0.2) is 0 Å². The number of aryl methyl sites for hydroxylation is 1. The fourth-order valence-electron chi connectivity index (χ4n) is 4.57. The molecule has 31 heavy (non-hydrogen) atoms. The first-order chi connectivity index (χ1) is 14.9. The second-order valence-electron chi connectivity index (χ2n) is 8.37. The van der Waals surface area contributed by atoms with Crippen LogP contribution in [0.15, 0.2) is 48.5 Å². The van der Waals surface area contributed by atoms with Crippen LogP contribution in [0.1, 0.15) is 36.5 Å². The van der Waals surface area contributed by atoms with E-state index in [4.69, 9.17) is 9.72 Å². The predicted molar refractivity (Wildman–Crippen MR) is 119 cm³/mol. The number of pyridine rings is 1. The van der Waals surface area contributed by atoms with Crippen molar-refractivity contribution in [3.05, 3.63) is 71.0 Å². The van der Waals surface area contributed by atoms with Crippen molar-refractivity contribution in [1.29, 1.82) is 0 Å². The Bertz CT molecular complexity index is 1110. The van der Waals surface area contributed by atoms with E-state index in [0.717, 1.165) is 35.1 Å². The van der Waals surface area contributed by atoms with Gasteiger partial charge in [-0.15, -0.1) is 0 Å². The quantitative estimate of drug-likeness (QED) is 0.667. The van der Waals surface area contributed by atoms with Crippen LogP contribution in [0.25, 0.3) is 10.9 Å². The van der Waals surface area contributed by atoms with Gasteiger partial charge in [0.1, 0.15) is 5.82 Å². The number of carbonyl (C=O) groups is 1. The van der Waals surface area contributed by atoms with Crippen molar-refractivity contribution in [3.63, 3.8) is 0 Å². The summed E-state index contributed by atoms with van der Waals surface area (Å²) in [5.41, 5.74) is 2.98. The number of benzene rings is 2. The summed E-state index contributed by atoms with van der Waals surface area (Å²) in [6, 6.07) is 15.1. The molecular weight excluding hydrogens is 393 g/mol. The zero-order chi connectivity index (χ0) is 22.0. The molecule has 0 spiro atoms. The van der Waals surface area contributed by atoms with Crippen LogP contribution in [0, 0.1) is 12.7 Å². The lowest BCUT2D eigenvalue weighted by molar-refractivity contribution is -0.121. The lowest BCUT2D eigenvalue weighted by Gasteiger charge is -2.42. The molecule has 0 radical (unpaired) electrons. The Morgan fingerprint density at radius 2 is 1.94 bits per heavy atom. The van der Waals surface area contributed by atoms with Gasteiger partial charge in [-0.2, -0.15) is 0 Å². The van der Waals surface area contributed by atoms with Crippen LogP contribution in [0.4, 0.5) is 4.39 Å². The van der Waals surface area contributed by atoms with Gasteiger partial charge in [0.05, 0.1) is 18.2 Å². The number of likely N-dealkylation sites (tertiary alicyclic amines) is 1. The van der Waals surface area contributed by atoms with Crippen LogP contribution < -0.4 is 10.1 Å². The maximum absolute atomic E-state index is 14.6. The standard InChI is InChI=1S/C25H28FN3O2/c1-17-8-9-19-15-20(24(31-3)27-23(19)14-17)16-29-12-10-25(11-13-29,28-18(2)30)21-6-4-5-7-22(21)26/h4-9,14-15H,10-13,16H2,1-3H3,(H,28,30). The summed E-state index contributed by atoms with van der Waals surface area (Å²) in [4.78, 5) is 18.9. The van der Waals surface area contributed by atoms with Gasteiger partial charge in [-0.25, -0.2) is 9.37 Å². The van der Waals surface area contributed by atoms with Gasteiger partial charge in [-0.1, -0.05) is 30.3 Å². The molecule has 1 aliphatic rings. The number of amides is 1. The Labute approximate surface area is 182 Å². The first-order valence-corrected chi connectivity index (χ1v) is 10.6. The SMILES string of the molecule is COc1nc2cc(C)ccc2cc1CN1CCC(NC(C)=O)(c2ccccc2F)CC1. The lowest BCUT2D eigenvalue weighted by Crippen LogP contribution is -2.52. The van der Waals surface area contributed by atoms with E-state index >= 15 is 0 Å². The maximum Gasteiger partial charge on any atom is 0.218 e. The van der Waals surface area contributed by atoms with Crippen LogP contribution in [0.5, 0.6) is 5.88 Å². The first kappa shape index (κ1) is 21.2. The molecular formula is C25H28FN3O2. The molecule has 1 amide bonds. The number of piperidine rings is 1. The third-order valence-electron chi connectivity index (χ3n) is 6.11. The van der Waals surface area contributed by atoms with Gasteiger partial charge < -0.3 is 10.1 Å². The number of methoxy groups -OCH3 is 1. The highest BCUT2D eigenvalue weighted by Gasteiger charge is 2.38. The van der Waals surface area contributed by atoms with Crippen LogP contribution in [-0.4, -0.2) is 36.0 Å². The number of hydrogen-bond acceptors (Lipinski definition) is 4. The van der Waals surface area contributed by atoms with E-state index in [1.807, 2.05) is 13.0 Å². The summed E-state index contributed by atoms with van der Waals surface area (Å²) in [6.45, 7) is 5.68. The largest absolute Gasteiger partial charge is 0.481 e. The van der Waals surface area contributed by atoms with Crippen molar-refractivity contribution in [2.75, 3.05) is 20.2 Å². The fourth-order valence-corrected chi connectivity index (χ4v) is 4.57. The number of nitrogens with zero attached hydrogens (tertiary/aromatic N) is 2. The summed E-state index contributed by atoms with van der Waals surface area (Å²) < 4.78 is 20.2. The number of nitrogens with one attached hydrogen (secondary N) is 1. The molecule has 162 valence electrons. The molecule has 0 atom stereocenters. The molecule has 5 nitrogen and oxygen atoms in total. The van der Waals surface area contributed by atoms with E-state index in [1.165, 1.54) is 13.0 Å². The molecule has 0 saturated carbocycles. The van der Waals surface area contributed by atoms with Crippen LogP contribution in [0.3, 0.4) is 0 Å². The Balaban J connectivity index is 1.56. The second-order valence-corrected chi connectivity index (χ2v) is 8.37. The first-order valence-electron chi connectivity index (χ1n) is 10.6. The molecule has 0 aliphatic carbocycles. The monoisotopic (exact) mass is 421 g/mol. The van der Waals surface area contributed by atoms with Gasteiger partial charge >= 0.3 is 0 Å². The van der Waals surface area contributed by atoms with Crippen molar-refractivity contribution >= 4 is 16.8 Å². The van der Waals surface area contributed by atoms with E-state index in [-0.39, 0.29) is 11.7 Å². The molecule has 1 aliphatic heterocycles. The molecule has 6 heteroatoms. The summed E-state index contributed by atoms with van der Waals surface area (Å²) in [5.74, 6) is 0.207. The average Bonchev–Trinajstić information content (AvgIpc) is 2.75. The van der Waals surface area contributed by atoms with Gasteiger partial charge in [0.25, 0.3) is 0 Å². The number of carbonyl (C=O) groups excluding carboxylic acids is 1. The van der Waals surface area contributed by atoms with E-state index in [9.17, 15) is 9.18 Å². The third kappa shape index (κ3) is 4.39. The van der Waals surface area contributed by atoms with Gasteiger partial charge in [0.2, 0.25) is 11.8 Å². The molecule has 0 unspecified atom stereocenters. The van der Waals surface area contributed by atoms with Crippen LogP contribution >= 0.6 is 0 Å². The molecule has 3 aromatic rings. The molecule has 1 N–H and O–H groups in total. The van der Waals surface area contributed by atoms with Crippen molar-refractivity contribution in [2.45, 2.75) is 38.8 Å². The maximum atomic E-state index is 14.6. The van der Waals surface area contributed by atoms with E-state index < -0.39 is 5.54 Å². The Morgan fingerprint density at radius 3 is 2.61 bits per heavy atom. The summed E-state index contributed by atoms with van der Waals surface area (Å²) in [5, 5.41) is 4.13. The predicted octanol–water partition coefficient (Wildman–Crippen LogP) is 4.32. The number of rotatable bonds is 5. The summed E-state index contributed by atoms with van der Waals surface area (Å²) in [7, 11) is 1.64. The number of hydrogen-bond donors (Lipinski definition) is 1. The average molecular weight is 422 g/mol. The number of aromatic nitrogens is 1. The Morgan fingerprint density at radius 1 is 1.19 bits per heavy atom. The highest BCUT2D eigenvalue weighted by Crippen LogP contribution is 2.35. The fraction of sp³-hybridized carbons (Fsp3) is 0.360. The molecule has 1 fully saturated rings. The number of halogens is 1. The zero-order valence-electron chi connectivity index (χ0n) is 18.2. The second kappa shape index (κ2) is 8.63. The number of fused-ring (bicyclic) bond motifs is 1. The van der Waals surface area contributed by atoms with Gasteiger partial charge in [-0.3, -0.25) is 9.69 Å². The normalized spacial score (nSPS) is 16.3. The molecule has 1 aromatic heterocycles. The molecule has 2 aromatic carbocycles. The smallest absolute Gasteiger partial charge is 0.218 e. The van der Waals surface area contributed by atoms with Crippen molar-refractivity contribution < 1.29 is 13.9 Å². The van der Waals surface area contributed by atoms with Crippen LogP contribution in [0.2, 0.25) is 0 Å². The third-order valence-corrected chi connectivity index (χ3v) is 6.11. The van der Waals surface area contributed by atoms with Crippen molar-refractivity contribution in [2.24, 2.45) is 0 Å². The van der Waals surface area contributed by atoms with Crippen LogP contribution in [-0.2, 0) is 16.9 Å². The molecule has 4 rings (SSSR count). The highest BCUT2D eigenvalue weighted by atomic mass is 19.1. The molecule has 0 bridgehead atoms. The minimum atomic E-state index is -0.684. The zero-order valence-corrected chi connectivity index (χ0v) is 18.2. The molecule has 2 heterocycles. The topological polar surface area (TPSA) is 54.5 Å².